The highest BCUT2D eigenvalue weighted by Gasteiger charge is 2.12. The summed E-state index contributed by atoms with van der Waals surface area (Å²) < 4.78 is 5.87. The summed E-state index contributed by atoms with van der Waals surface area (Å²) >= 11 is 0. The van der Waals surface area contributed by atoms with Crippen molar-refractivity contribution in [2.24, 2.45) is 5.92 Å². The zero-order valence-electron chi connectivity index (χ0n) is 13.8. The van der Waals surface area contributed by atoms with Crippen molar-refractivity contribution in [1.82, 2.24) is 5.32 Å². The lowest BCUT2D eigenvalue weighted by Crippen LogP contribution is -2.28. The van der Waals surface area contributed by atoms with E-state index in [-0.39, 0.29) is 0 Å². The lowest BCUT2D eigenvalue weighted by Gasteiger charge is -2.24. The summed E-state index contributed by atoms with van der Waals surface area (Å²) in [4.78, 5) is 2.48. The quantitative estimate of drug-likeness (QED) is 0.810. The Morgan fingerprint density at radius 2 is 2.10 bits per heavy atom. The minimum Gasteiger partial charge on any atom is -0.494 e. The van der Waals surface area contributed by atoms with Gasteiger partial charge < -0.3 is 15.0 Å². The van der Waals surface area contributed by atoms with Crippen molar-refractivity contribution in [2.45, 2.75) is 40.0 Å². The minimum atomic E-state index is 0.759. The van der Waals surface area contributed by atoms with Crippen LogP contribution in [0.2, 0.25) is 0 Å². The SMILES string of the molecule is Cc1cc(OCCCC(C)C)ccc1N1CCCNCC1. The predicted molar refractivity (Wildman–Crippen MR) is 90.4 cm³/mol. The number of benzene rings is 1. The maximum atomic E-state index is 5.87. The molecule has 1 fully saturated rings. The van der Waals surface area contributed by atoms with E-state index in [2.05, 4.69) is 49.2 Å². The molecule has 1 saturated heterocycles. The van der Waals surface area contributed by atoms with Crippen LogP contribution in [0.5, 0.6) is 5.75 Å². The second-order valence-electron chi connectivity index (χ2n) is 6.42. The summed E-state index contributed by atoms with van der Waals surface area (Å²) in [6.07, 6.45) is 3.58. The van der Waals surface area contributed by atoms with Crippen molar-refractivity contribution in [3.05, 3.63) is 23.8 Å². The molecule has 1 aromatic rings. The Hall–Kier alpha value is -1.22. The van der Waals surface area contributed by atoms with Gasteiger partial charge in [0.25, 0.3) is 0 Å². The number of ether oxygens (including phenoxy) is 1. The van der Waals surface area contributed by atoms with Gasteiger partial charge in [0.05, 0.1) is 6.61 Å². The van der Waals surface area contributed by atoms with Gasteiger partial charge in [-0.15, -0.1) is 0 Å². The fraction of sp³-hybridized carbons (Fsp3) is 0.667. The van der Waals surface area contributed by atoms with Gasteiger partial charge in [0.15, 0.2) is 0 Å². The standard InChI is InChI=1S/C18H30N2O/c1-15(2)6-4-13-21-17-7-8-18(16(3)14-17)20-11-5-9-19-10-12-20/h7-8,14-15,19H,4-6,9-13H2,1-3H3. The first kappa shape index (κ1) is 16.2. The van der Waals surface area contributed by atoms with E-state index in [4.69, 9.17) is 4.74 Å². The maximum absolute atomic E-state index is 5.87. The number of aryl methyl sites for hydroxylation is 1. The summed E-state index contributed by atoms with van der Waals surface area (Å²) in [5.41, 5.74) is 2.67. The molecule has 118 valence electrons. The lowest BCUT2D eigenvalue weighted by atomic mass is 10.1. The van der Waals surface area contributed by atoms with Crippen molar-refractivity contribution in [3.63, 3.8) is 0 Å². The van der Waals surface area contributed by atoms with Crippen LogP contribution in [-0.2, 0) is 0 Å². The summed E-state index contributed by atoms with van der Waals surface area (Å²) in [5.74, 6) is 1.77. The number of rotatable bonds is 6. The maximum Gasteiger partial charge on any atom is 0.119 e. The third-order valence-electron chi connectivity index (χ3n) is 4.04. The van der Waals surface area contributed by atoms with Gasteiger partial charge in [0.1, 0.15) is 5.75 Å². The van der Waals surface area contributed by atoms with Crippen molar-refractivity contribution in [1.29, 1.82) is 0 Å². The molecule has 0 atom stereocenters. The smallest absolute Gasteiger partial charge is 0.119 e. The van der Waals surface area contributed by atoms with Crippen LogP contribution in [0.25, 0.3) is 0 Å². The molecule has 0 spiro atoms. The normalized spacial score (nSPS) is 16.1. The average molecular weight is 290 g/mol. The highest BCUT2D eigenvalue weighted by molar-refractivity contribution is 5.56. The first-order valence-electron chi connectivity index (χ1n) is 8.36. The molecule has 1 aliphatic heterocycles. The van der Waals surface area contributed by atoms with Gasteiger partial charge in [-0.3, -0.25) is 0 Å². The molecule has 0 aliphatic carbocycles. The molecule has 1 N–H and O–H groups in total. The molecule has 0 saturated carbocycles. The third kappa shape index (κ3) is 5.24. The van der Waals surface area contributed by atoms with Crippen LogP contribution in [0.15, 0.2) is 18.2 Å². The zero-order valence-corrected chi connectivity index (χ0v) is 13.8. The second kappa shape index (κ2) is 8.28. The zero-order chi connectivity index (χ0) is 15.1. The molecule has 1 aromatic carbocycles. The number of anilines is 1. The van der Waals surface area contributed by atoms with E-state index in [0.717, 1.165) is 50.9 Å². The minimum absolute atomic E-state index is 0.759. The largest absolute Gasteiger partial charge is 0.494 e. The fourth-order valence-electron chi connectivity index (χ4n) is 2.84. The predicted octanol–water partition coefficient (Wildman–Crippen LogP) is 3.61. The molecule has 3 nitrogen and oxygen atoms in total. The molecule has 2 rings (SSSR count). The van der Waals surface area contributed by atoms with Crippen molar-refractivity contribution < 1.29 is 4.74 Å². The van der Waals surface area contributed by atoms with Crippen LogP contribution >= 0.6 is 0 Å². The molecular formula is C18H30N2O. The monoisotopic (exact) mass is 290 g/mol. The topological polar surface area (TPSA) is 24.5 Å². The van der Waals surface area contributed by atoms with E-state index in [1.165, 1.54) is 24.1 Å². The van der Waals surface area contributed by atoms with Crippen LogP contribution in [0.4, 0.5) is 5.69 Å². The summed E-state index contributed by atoms with van der Waals surface area (Å²) in [6, 6.07) is 6.53. The summed E-state index contributed by atoms with van der Waals surface area (Å²) in [7, 11) is 0. The summed E-state index contributed by atoms with van der Waals surface area (Å²) in [5, 5.41) is 3.45. The Labute approximate surface area is 129 Å². The first-order chi connectivity index (χ1) is 10.2. The molecule has 0 aromatic heterocycles. The van der Waals surface area contributed by atoms with Crippen LogP contribution in [0, 0.1) is 12.8 Å². The second-order valence-corrected chi connectivity index (χ2v) is 6.42. The Balaban J connectivity index is 1.90. The van der Waals surface area contributed by atoms with Crippen LogP contribution in [-0.4, -0.2) is 32.8 Å². The highest BCUT2D eigenvalue weighted by Crippen LogP contribution is 2.25. The van der Waals surface area contributed by atoms with E-state index in [9.17, 15) is 0 Å². The van der Waals surface area contributed by atoms with E-state index in [1.807, 2.05) is 0 Å². The molecule has 0 amide bonds. The van der Waals surface area contributed by atoms with Crippen molar-refractivity contribution >= 4 is 5.69 Å². The Bertz CT molecular complexity index is 423. The molecule has 3 heteroatoms. The molecule has 1 aliphatic rings. The fourth-order valence-corrected chi connectivity index (χ4v) is 2.84. The van der Waals surface area contributed by atoms with E-state index < -0.39 is 0 Å². The average Bonchev–Trinajstić information content (AvgIpc) is 2.72. The number of hydrogen-bond donors (Lipinski definition) is 1. The molecule has 0 bridgehead atoms. The van der Waals surface area contributed by atoms with E-state index in [1.54, 1.807) is 0 Å². The molecule has 0 unspecified atom stereocenters. The van der Waals surface area contributed by atoms with E-state index >= 15 is 0 Å². The van der Waals surface area contributed by atoms with Gasteiger partial charge >= 0.3 is 0 Å². The molecular weight excluding hydrogens is 260 g/mol. The number of nitrogens with zero attached hydrogens (tertiary/aromatic N) is 1. The highest BCUT2D eigenvalue weighted by atomic mass is 16.5. The molecule has 1 heterocycles. The van der Waals surface area contributed by atoms with Gasteiger partial charge in [0, 0.05) is 25.3 Å². The summed E-state index contributed by atoms with van der Waals surface area (Å²) in [6.45, 7) is 12.0. The van der Waals surface area contributed by atoms with Gasteiger partial charge in [-0.1, -0.05) is 13.8 Å². The van der Waals surface area contributed by atoms with Crippen molar-refractivity contribution in [3.8, 4) is 5.75 Å². The van der Waals surface area contributed by atoms with Gasteiger partial charge in [-0.2, -0.15) is 0 Å². The first-order valence-corrected chi connectivity index (χ1v) is 8.36. The molecule has 21 heavy (non-hydrogen) atoms. The van der Waals surface area contributed by atoms with Crippen LogP contribution in [0.1, 0.15) is 38.7 Å². The van der Waals surface area contributed by atoms with Gasteiger partial charge in [-0.25, -0.2) is 0 Å². The molecule has 0 radical (unpaired) electrons. The Morgan fingerprint density at radius 3 is 2.86 bits per heavy atom. The lowest BCUT2D eigenvalue weighted by molar-refractivity contribution is 0.297. The van der Waals surface area contributed by atoms with Crippen molar-refractivity contribution in [2.75, 3.05) is 37.7 Å². The van der Waals surface area contributed by atoms with Crippen LogP contribution < -0.4 is 15.0 Å². The van der Waals surface area contributed by atoms with Crippen LogP contribution in [0.3, 0.4) is 0 Å². The Morgan fingerprint density at radius 1 is 1.24 bits per heavy atom. The third-order valence-corrected chi connectivity index (χ3v) is 4.04. The number of nitrogens with one attached hydrogen (secondary N) is 1. The number of hydrogen-bond acceptors (Lipinski definition) is 3. The Kier molecular flexibility index (Phi) is 6.37. The van der Waals surface area contributed by atoms with Gasteiger partial charge in [-0.05, 0) is 62.4 Å². The van der Waals surface area contributed by atoms with Gasteiger partial charge in [0.2, 0.25) is 0 Å². The van der Waals surface area contributed by atoms with E-state index in [0.29, 0.717) is 0 Å².